The number of nitrogens with two attached hydrogens (primary N) is 1. The highest BCUT2D eigenvalue weighted by molar-refractivity contribution is 5.42. The second kappa shape index (κ2) is 5.32. The molecule has 0 aliphatic heterocycles. The van der Waals surface area contributed by atoms with Crippen LogP contribution in [0.25, 0.3) is 10.4 Å². The third-order valence-electron chi connectivity index (χ3n) is 1.39. The van der Waals surface area contributed by atoms with Gasteiger partial charge in [0, 0.05) is 4.91 Å². The summed E-state index contributed by atoms with van der Waals surface area (Å²) < 4.78 is 4.86. The fourth-order valence-corrected chi connectivity index (χ4v) is 0.789. The molecule has 0 radical (unpaired) electrons. The summed E-state index contributed by atoms with van der Waals surface area (Å²) in [7, 11) is 1.44. The second-order valence-corrected chi connectivity index (χ2v) is 2.34. The number of hydrogen-bond acceptors (Lipinski definition) is 5. The van der Waals surface area contributed by atoms with Gasteiger partial charge >= 0.3 is 0 Å². The molecule has 2 N–H and O–H groups in total. The van der Waals surface area contributed by atoms with Gasteiger partial charge < -0.3 is 10.5 Å². The lowest BCUT2D eigenvalue weighted by atomic mass is 10.4. The Morgan fingerprint density at radius 3 is 3.20 bits per heavy atom. The van der Waals surface area contributed by atoms with Crippen molar-refractivity contribution in [3.63, 3.8) is 0 Å². The molecule has 0 unspecified atom stereocenters. The highest BCUT2D eigenvalue weighted by Gasteiger charge is 2.01. The number of methoxy groups -OCH3 is 1. The zero-order chi connectivity index (χ0) is 11.1. The first-order valence-electron chi connectivity index (χ1n) is 3.94. The Balaban J connectivity index is 2.85. The van der Waals surface area contributed by atoms with Gasteiger partial charge in [0.2, 0.25) is 0 Å². The zero-order valence-electron chi connectivity index (χ0n) is 8.01. The van der Waals surface area contributed by atoms with Gasteiger partial charge in [-0.3, -0.25) is 0 Å². The minimum atomic E-state index is 0.0882. The van der Waals surface area contributed by atoms with Crippen molar-refractivity contribution >= 4 is 5.82 Å². The summed E-state index contributed by atoms with van der Waals surface area (Å²) >= 11 is 0. The summed E-state index contributed by atoms with van der Waals surface area (Å²) in [6.45, 7) is 0.0882. The van der Waals surface area contributed by atoms with Crippen LogP contribution in [-0.4, -0.2) is 23.6 Å². The lowest BCUT2D eigenvalue weighted by molar-refractivity contribution is 0.398. The van der Waals surface area contributed by atoms with E-state index < -0.39 is 0 Å². The molecule has 7 heteroatoms. The molecule has 1 aromatic rings. The van der Waals surface area contributed by atoms with Crippen molar-refractivity contribution in [3.8, 4) is 17.7 Å². The van der Waals surface area contributed by atoms with Gasteiger partial charge in [-0.1, -0.05) is 11.0 Å². The van der Waals surface area contributed by atoms with Crippen molar-refractivity contribution in [3.05, 3.63) is 22.3 Å². The molecule has 1 rings (SSSR count). The van der Waals surface area contributed by atoms with E-state index in [1.165, 1.54) is 13.3 Å². The van der Waals surface area contributed by atoms with Crippen LogP contribution in [0.3, 0.4) is 0 Å². The third-order valence-corrected chi connectivity index (χ3v) is 1.39. The van der Waals surface area contributed by atoms with Gasteiger partial charge in [-0.15, -0.1) is 0 Å². The van der Waals surface area contributed by atoms with Crippen LogP contribution in [0.4, 0.5) is 5.82 Å². The maximum absolute atomic E-state index is 8.01. The maximum Gasteiger partial charge on any atom is 0.258 e. The lowest BCUT2D eigenvalue weighted by Crippen LogP contribution is -1.99. The SMILES string of the molecule is COc1nc(C#CCN=[N+]=[N-])cnc1N. The first kappa shape index (κ1) is 10.6. The summed E-state index contributed by atoms with van der Waals surface area (Å²) in [5.74, 6) is 5.70. The fraction of sp³-hybridized carbons (Fsp3) is 0.250. The summed E-state index contributed by atoms with van der Waals surface area (Å²) in [5, 5.41) is 3.25. The van der Waals surface area contributed by atoms with Gasteiger partial charge in [-0.25, -0.2) is 4.98 Å². The summed E-state index contributed by atoms with van der Waals surface area (Å²) in [5.41, 5.74) is 13.9. The second-order valence-electron chi connectivity index (χ2n) is 2.34. The molecule has 0 aliphatic rings. The quantitative estimate of drug-likeness (QED) is 0.331. The number of nitrogen functional groups attached to an aromatic ring is 1. The monoisotopic (exact) mass is 204 g/mol. The van der Waals surface area contributed by atoms with Crippen LogP contribution in [0.2, 0.25) is 0 Å². The Kier molecular flexibility index (Phi) is 3.77. The molecule has 0 saturated heterocycles. The molecule has 15 heavy (non-hydrogen) atoms. The van der Waals surface area contributed by atoms with Gasteiger partial charge in [-0.2, -0.15) is 4.98 Å². The molecule has 1 heterocycles. The van der Waals surface area contributed by atoms with Crippen molar-refractivity contribution in [2.75, 3.05) is 19.4 Å². The van der Waals surface area contributed by atoms with Crippen LogP contribution >= 0.6 is 0 Å². The first-order valence-corrected chi connectivity index (χ1v) is 3.94. The number of anilines is 1. The summed E-state index contributed by atoms with van der Waals surface area (Å²) in [6, 6.07) is 0. The van der Waals surface area contributed by atoms with Crippen LogP contribution in [0, 0.1) is 11.8 Å². The molecule has 0 amide bonds. The van der Waals surface area contributed by atoms with E-state index in [-0.39, 0.29) is 18.2 Å². The average molecular weight is 204 g/mol. The van der Waals surface area contributed by atoms with Crippen molar-refractivity contribution in [2.24, 2.45) is 5.11 Å². The standard InChI is InChI=1S/C8H8N6O/c1-15-8-7(9)11-5-6(13-8)3-2-4-12-14-10/h5H,4H2,1H3,(H2,9,11). The molecule has 0 spiro atoms. The van der Waals surface area contributed by atoms with E-state index in [1.807, 2.05) is 0 Å². The normalized spacial score (nSPS) is 8.33. The zero-order valence-corrected chi connectivity index (χ0v) is 8.01. The van der Waals surface area contributed by atoms with Crippen LogP contribution < -0.4 is 10.5 Å². The summed E-state index contributed by atoms with van der Waals surface area (Å²) in [4.78, 5) is 10.4. The topological polar surface area (TPSA) is 110 Å². The third kappa shape index (κ3) is 3.06. The van der Waals surface area contributed by atoms with E-state index >= 15 is 0 Å². The van der Waals surface area contributed by atoms with E-state index in [2.05, 4.69) is 31.8 Å². The molecular weight excluding hydrogens is 196 g/mol. The number of ether oxygens (including phenoxy) is 1. The Labute approximate surface area is 85.9 Å². The smallest absolute Gasteiger partial charge is 0.258 e. The Morgan fingerprint density at radius 1 is 1.73 bits per heavy atom. The molecule has 0 saturated carbocycles. The number of rotatable bonds is 2. The van der Waals surface area contributed by atoms with Gasteiger partial charge in [-0.05, 0) is 11.5 Å². The summed E-state index contributed by atoms with van der Waals surface area (Å²) in [6.07, 6.45) is 1.42. The molecular formula is C8H8N6O. The number of nitrogens with zero attached hydrogens (tertiary/aromatic N) is 5. The number of azide groups is 1. The van der Waals surface area contributed by atoms with Crippen LogP contribution in [0.5, 0.6) is 5.88 Å². The van der Waals surface area contributed by atoms with Gasteiger partial charge in [0.05, 0.1) is 19.9 Å². The molecule has 0 bridgehead atoms. The Morgan fingerprint density at radius 2 is 2.53 bits per heavy atom. The molecule has 0 atom stereocenters. The molecule has 0 fully saturated rings. The van der Waals surface area contributed by atoms with E-state index in [0.717, 1.165) is 0 Å². The van der Waals surface area contributed by atoms with Gasteiger partial charge in [0.25, 0.3) is 5.88 Å². The van der Waals surface area contributed by atoms with Gasteiger partial charge in [0.1, 0.15) is 5.69 Å². The molecule has 0 aromatic carbocycles. The van der Waals surface area contributed by atoms with Crippen LogP contribution in [0.1, 0.15) is 5.69 Å². The largest absolute Gasteiger partial charge is 0.478 e. The van der Waals surface area contributed by atoms with Crippen molar-refractivity contribution in [1.82, 2.24) is 9.97 Å². The van der Waals surface area contributed by atoms with Crippen molar-refractivity contribution in [2.45, 2.75) is 0 Å². The number of hydrogen-bond donors (Lipinski definition) is 1. The predicted molar refractivity (Wildman–Crippen MR) is 53.9 cm³/mol. The minimum Gasteiger partial charge on any atom is -0.478 e. The van der Waals surface area contributed by atoms with Crippen LogP contribution in [0.15, 0.2) is 11.3 Å². The Hall–Kier alpha value is -2.45. The highest BCUT2D eigenvalue weighted by atomic mass is 16.5. The van der Waals surface area contributed by atoms with E-state index in [0.29, 0.717) is 5.69 Å². The van der Waals surface area contributed by atoms with E-state index in [4.69, 9.17) is 16.0 Å². The average Bonchev–Trinajstić information content (AvgIpc) is 2.26. The van der Waals surface area contributed by atoms with Gasteiger partial charge in [0.15, 0.2) is 5.82 Å². The fourth-order valence-electron chi connectivity index (χ4n) is 0.789. The highest BCUT2D eigenvalue weighted by Crippen LogP contribution is 2.13. The molecule has 7 nitrogen and oxygen atoms in total. The van der Waals surface area contributed by atoms with Crippen molar-refractivity contribution < 1.29 is 4.74 Å². The first-order chi connectivity index (χ1) is 7.27. The van der Waals surface area contributed by atoms with Crippen LogP contribution in [-0.2, 0) is 0 Å². The maximum atomic E-state index is 8.01. The Bertz CT molecular complexity index is 454. The molecule has 76 valence electrons. The number of aromatic nitrogens is 2. The van der Waals surface area contributed by atoms with E-state index in [1.54, 1.807) is 0 Å². The molecule has 1 aromatic heterocycles. The lowest BCUT2D eigenvalue weighted by Gasteiger charge is -2.00. The van der Waals surface area contributed by atoms with Crippen molar-refractivity contribution in [1.29, 1.82) is 0 Å². The minimum absolute atomic E-state index is 0.0882. The predicted octanol–water partition coefficient (Wildman–Crippen LogP) is 0.729. The van der Waals surface area contributed by atoms with E-state index in [9.17, 15) is 0 Å². The molecule has 0 aliphatic carbocycles.